The van der Waals surface area contributed by atoms with Crippen LogP contribution in [0, 0.1) is 0 Å². The van der Waals surface area contributed by atoms with Gasteiger partial charge in [-0.2, -0.15) is 0 Å². The van der Waals surface area contributed by atoms with E-state index in [2.05, 4.69) is 86.8 Å². The lowest BCUT2D eigenvalue weighted by Crippen LogP contribution is -2.46. The van der Waals surface area contributed by atoms with Gasteiger partial charge in [0.15, 0.2) is 0 Å². The Bertz CT molecular complexity index is 999. The van der Waals surface area contributed by atoms with E-state index < -0.39 is 18.2 Å². The van der Waals surface area contributed by atoms with Crippen LogP contribution in [0.25, 0.3) is 0 Å². The van der Waals surface area contributed by atoms with Crippen molar-refractivity contribution < 1.29 is 24.5 Å². The fourth-order valence-electron chi connectivity index (χ4n) is 6.61. The van der Waals surface area contributed by atoms with E-state index in [1.807, 2.05) is 0 Å². The van der Waals surface area contributed by atoms with Crippen LogP contribution in [0.3, 0.4) is 0 Å². The Labute approximate surface area is 339 Å². The minimum Gasteiger partial charge on any atom is -0.462 e. The summed E-state index contributed by atoms with van der Waals surface area (Å²) in [4.78, 5) is 26.0. The number of aliphatic hydroxyl groups excluding tert-OH is 2. The zero-order chi connectivity index (χ0) is 40.3. The Balaban J connectivity index is 4.69. The molecule has 0 saturated heterocycles. The fourth-order valence-corrected chi connectivity index (χ4v) is 6.61. The Hall–Kier alpha value is -2.44. The largest absolute Gasteiger partial charge is 0.462 e. The van der Waals surface area contributed by atoms with Gasteiger partial charge in [-0.1, -0.05) is 178 Å². The summed E-state index contributed by atoms with van der Waals surface area (Å²) in [7, 11) is 0. The van der Waals surface area contributed by atoms with Crippen LogP contribution in [0.15, 0.2) is 60.8 Å². The maximum Gasteiger partial charge on any atom is 0.306 e. The number of allylic oxidation sites excluding steroid dienone is 10. The molecule has 318 valence electrons. The second-order valence-electron chi connectivity index (χ2n) is 15.4. The van der Waals surface area contributed by atoms with Crippen molar-refractivity contribution in [1.82, 2.24) is 5.32 Å². The summed E-state index contributed by atoms with van der Waals surface area (Å²) in [5.74, 6) is -0.525. The minimum absolute atomic E-state index is 0.0529. The molecule has 55 heavy (non-hydrogen) atoms. The summed E-state index contributed by atoms with van der Waals surface area (Å²) >= 11 is 0. The molecule has 0 spiro atoms. The monoisotopic (exact) mass is 770 g/mol. The van der Waals surface area contributed by atoms with Crippen molar-refractivity contribution in [2.24, 2.45) is 0 Å². The number of unbranched alkanes of at least 4 members (excludes halogenated alkanes) is 19. The van der Waals surface area contributed by atoms with Gasteiger partial charge in [0.1, 0.15) is 6.10 Å². The quantitative estimate of drug-likeness (QED) is 0.0250. The SMILES string of the molecule is CC/C=C/C/C=C/C/C=C/CCCCCCC(=O)OC(CCCCCC/C=C/C=C/CCCCC)CC(=O)NC(CO)C(O)CCCCCCCCCCC. The number of carbonyl (C=O) groups excluding carboxylic acids is 2. The summed E-state index contributed by atoms with van der Waals surface area (Å²) < 4.78 is 5.89. The van der Waals surface area contributed by atoms with Crippen LogP contribution in [0.4, 0.5) is 0 Å². The van der Waals surface area contributed by atoms with Gasteiger partial charge in [-0.15, -0.1) is 0 Å². The lowest BCUT2D eigenvalue weighted by Gasteiger charge is -2.24. The molecule has 3 N–H and O–H groups in total. The molecule has 0 rings (SSSR count). The van der Waals surface area contributed by atoms with E-state index >= 15 is 0 Å². The normalized spacial score (nSPS) is 13.9. The number of esters is 1. The highest BCUT2D eigenvalue weighted by molar-refractivity contribution is 5.77. The van der Waals surface area contributed by atoms with Crippen LogP contribution < -0.4 is 5.32 Å². The first-order valence-electron chi connectivity index (χ1n) is 23.0. The van der Waals surface area contributed by atoms with Crippen LogP contribution in [0.5, 0.6) is 0 Å². The van der Waals surface area contributed by atoms with Crippen LogP contribution in [0.2, 0.25) is 0 Å². The Kier molecular flexibility index (Phi) is 40.8. The zero-order valence-electron chi connectivity index (χ0n) is 36.0. The van der Waals surface area contributed by atoms with Crippen LogP contribution >= 0.6 is 0 Å². The van der Waals surface area contributed by atoms with E-state index in [1.54, 1.807) is 0 Å². The number of nitrogens with one attached hydrogen (secondary N) is 1. The van der Waals surface area contributed by atoms with Crippen molar-refractivity contribution in [2.75, 3.05) is 6.61 Å². The molecular formula is C49H87NO5. The maximum atomic E-state index is 13.1. The summed E-state index contributed by atoms with van der Waals surface area (Å²) in [6.07, 6.45) is 51.3. The summed E-state index contributed by atoms with van der Waals surface area (Å²) in [5.41, 5.74) is 0. The van der Waals surface area contributed by atoms with Crippen molar-refractivity contribution >= 4 is 11.9 Å². The molecule has 0 aliphatic heterocycles. The molecular weight excluding hydrogens is 683 g/mol. The first kappa shape index (κ1) is 52.6. The van der Waals surface area contributed by atoms with Gasteiger partial charge in [0.25, 0.3) is 0 Å². The zero-order valence-corrected chi connectivity index (χ0v) is 36.0. The molecule has 0 aromatic rings. The van der Waals surface area contributed by atoms with Crippen molar-refractivity contribution in [3.8, 4) is 0 Å². The van der Waals surface area contributed by atoms with Crippen molar-refractivity contribution in [2.45, 2.75) is 232 Å². The molecule has 0 aromatic heterocycles. The average Bonchev–Trinajstić information content (AvgIpc) is 3.18. The summed E-state index contributed by atoms with van der Waals surface area (Å²) in [6.45, 7) is 6.29. The molecule has 0 aromatic carbocycles. The molecule has 0 heterocycles. The molecule has 6 nitrogen and oxygen atoms in total. The van der Waals surface area contributed by atoms with Gasteiger partial charge in [-0.25, -0.2) is 0 Å². The van der Waals surface area contributed by atoms with Gasteiger partial charge in [-0.05, 0) is 83.5 Å². The first-order chi connectivity index (χ1) is 27.0. The lowest BCUT2D eigenvalue weighted by molar-refractivity contribution is -0.151. The maximum absolute atomic E-state index is 13.1. The van der Waals surface area contributed by atoms with E-state index in [-0.39, 0.29) is 24.9 Å². The number of aliphatic hydroxyl groups is 2. The number of hydrogen-bond donors (Lipinski definition) is 3. The molecule has 0 radical (unpaired) electrons. The first-order valence-corrected chi connectivity index (χ1v) is 23.0. The average molecular weight is 770 g/mol. The van der Waals surface area contributed by atoms with Gasteiger partial charge in [0.05, 0.1) is 25.2 Å². The highest BCUT2D eigenvalue weighted by Gasteiger charge is 2.24. The molecule has 0 aliphatic carbocycles. The molecule has 6 heteroatoms. The van der Waals surface area contributed by atoms with Gasteiger partial charge in [0, 0.05) is 6.42 Å². The van der Waals surface area contributed by atoms with E-state index in [9.17, 15) is 19.8 Å². The predicted octanol–water partition coefficient (Wildman–Crippen LogP) is 13.3. The van der Waals surface area contributed by atoms with E-state index in [4.69, 9.17) is 4.74 Å². The van der Waals surface area contributed by atoms with E-state index in [0.717, 1.165) is 109 Å². The van der Waals surface area contributed by atoms with Crippen molar-refractivity contribution in [3.63, 3.8) is 0 Å². The number of rotatable bonds is 40. The topological polar surface area (TPSA) is 95.9 Å². The highest BCUT2D eigenvalue weighted by atomic mass is 16.5. The van der Waals surface area contributed by atoms with Gasteiger partial charge >= 0.3 is 5.97 Å². The number of carbonyl (C=O) groups is 2. The van der Waals surface area contributed by atoms with Crippen LogP contribution in [0.1, 0.15) is 213 Å². The van der Waals surface area contributed by atoms with Crippen LogP contribution in [-0.2, 0) is 14.3 Å². The molecule has 0 aliphatic rings. The van der Waals surface area contributed by atoms with Crippen LogP contribution in [-0.4, -0.2) is 46.9 Å². The Morgan fingerprint density at radius 3 is 1.64 bits per heavy atom. The molecule has 0 fully saturated rings. The van der Waals surface area contributed by atoms with E-state index in [1.165, 1.54) is 57.8 Å². The molecule has 0 saturated carbocycles. The van der Waals surface area contributed by atoms with Crippen molar-refractivity contribution in [3.05, 3.63) is 60.8 Å². The summed E-state index contributed by atoms with van der Waals surface area (Å²) in [5, 5.41) is 23.6. The predicted molar refractivity (Wildman–Crippen MR) is 236 cm³/mol. The minimum atomic E-state index is -0.796. The second-order valence-corrected chi connectivity index (χ2v) is 15.4. The van der Waals surface area contributed by atoms with Gasteiger partial charge < -0.3 is 20.3 Å². The molecule has 3 unspecified atom stereocenters. The third kappa shape index (κ3) is 38.2. The molecule has 1 amide bonds. The fraction of sp³-hybridized carbons (Fsp3) is 0.755. The number of ether oxygens (including phenoxy) is 1. The second kappa shape index (κ2) is 42.7. The molecule has 0 bridgehead atoms. The van der Waals surface area contributed by atoms with Crippen molar-refractivity contribution in [1.29, 1.82) is 0 Å². The smallest absolute Gasteiger partial charge is 0.306 e. The number of hydrogen-bond acceptors (Lipinski definition) is 5. The van der Waals surface area contributed by atoms with E-state index in [0.29, 0.717) is 19.3 Å². The third-order valence-corrected chi connectivity index (χ3v) is 10.1. The highest BCUT2D eigenvalue weighted by Crippen LogP contribution is 2.17. The number of amides is 1. The van der Waals surface area contributed by atoms with Gasteiger partial charge in [0.2, 0.25) is 5.91 Å². The summed E-state index contributed by atoms with van der Waals surface area (Å²) in [6, 6.07) is -0.712. The standard InChI is InChI=1S/C49H87NO5/c1-4-7-10-13-16-19-21-23-25-27-30-33-36-39-42-49(54)55-45(40-37-34-31-29-26-24-22-20-17-14-11-8-5-2)43-48(53)50-46(44-51)47(52)41-38-35-32-28-18-15-12-9-6-3/h7,10,16-17,19-20,22-25,45-47,51-52H,4-6,8-9,11-15,18,21,26-44H2,1-3H3,(H,50,53)/b10-7+,19-16+,20-17+,24-22+,25-23+. The Morgan fingerprint density at radius 1 is 0.564 bits per heavy atom. The van der Waals surface area contributed by atoms with Gasteiger partial charge in [-0.3, -0.25) is 9.59 Å². The lowest BCUT2D eigenvalue weighted by atomic mass is 10.0. The Morgan fingerprint density at radius 2 is 1.04 bits per heavy atom. The third-order valence-electron chi connectivity index (χ3n) is 10.1. The molecule has 3 atom stereocenters.